The summed E-state index contributed by atoms with van der Waals surface area (Å²) in [5.41, 5.74) is 4.90. The molecule has 3 N–H and O–H groups in total. The van der Waals surface area contributed by atoms with Crippen LogP contribution >= 0.6 is 0 Å². The van der Waals surface area contributed by atoms with Gasteiger partial charge in [-0.3, -0.25) is 4.90 Å². The summed E-state index contributed by atoms with van der Waals surface area (Å²) in [6.07, 6.45) is 6.47. The molecule has 0 saturated heterocycles. The average molecular weight is 242 g/mol. The highest BCUT2D eigenvalue weighted by Gasteiger charge is 2.28. The molecule has 1 atom stereocenters. The van der Waals surface area contributed by atoms with Crippen molar-refractivity contribution in [1.82, 2.24) is 4.90 Å². The van der Waals surface area contributed by atoms with E-state index in [0.717, 1.165) is 19.0 Å². The predicted molar refractivity (Wildman–Crippen MR) is 73.0 cm³/mol. The second-order valence-corrected chi connectivity index (χ2v) is 6.29. The maximum absolute atomic E-state index is 10.2. The first-order chi connectivity index (χ1) is 7.94. The van der Waals surface area contributed by atoms with Crippen molar-refractivity contribution in [3.63, 3.8) is 0 Å². The lowest BCUT2D eigenvalue weighted by Crippen LogP contribution is -2.49. The molecule has 3 heteroatoms. The van der Waals surface area contributed by atoms with Gasteiger partial charge in [-0.1, -0.05) is 26.7 Å². The Kier molecular flexibility index (Phi) is 5.90. The van der Waals surface area contributed by atoms with E-state index in [1.807, 2.05) is 6.92 Å². The van der Waals surface area contributed by atoms with E-state index >= 15 is 0 Å². The molecule has 1 unspecified atom stereocenters. The zero-order chi connectivity index (χ0) is 12.9. The van der Waals surface area contributed by atoms with Crippen molar-refractivity contribution in [3.8, 4) is 0 Å². The fourth-order valence-corrected chi connectivity index (χ4v) is 2.59. The summed E-state index contributed by atoms with van der Waals surface area (Å²) in [5.74, 6) is 0.724. The minimum Gasteiger partial charge on any atom is -0.388 e. The molecule has 1 aliphatic rings. The van der Waals surface area contributed by atoms with Gasteiger partial charge in [-0.2, -0.15) is 0 Å². The molecule has 0 aromatic rings. The van der Waals surface area contributed by atoms with Gasteiger partial charge in [-0.15, -0.1) is 0 Å². The zero-order valence-electron chi connectivity index (χ0n) is 11.8. The van der Waals surface area contributed by atoms with Crippen LogP contribution in [0.25, 0.3) is 0 Å². The van der Waals surface area contributed by atoms with Gasteiger partial charge in [0.25, 0.3) is 0 Å². The first-order valence-corrected chi connectivity index (χ1v) is 7.11. The third-order valence-electron chi connectivity index (χ3n) is 3.82. The standard InChI is InChI=1S/C14H30N2O/c1-12(2)8-9-16(11-14(3,17)10-15)13-6-4-5-7-13/h12-13,17H,4-11,15H2,1-3H3. The number of hydrogen-bond acceptors (Lipinski definition) is 3. The lowest BCUT2D eigenvalue weighted by atomic mass is 10.0. The van der Waals surface area contributed by atoms with E-state index in [2.05, 4.69) is 18.7 Å². The van der Waals surface area contributed by atoms with E-state index in [4.69, 9.17) is 5.73 Å². The van der Waals surface area contributed by atoms with Crippen molar-refractivity contribution >= 4 is 0 Å². The van der Waals surface area contributed by atoms with Crippen LogP contribution in [-0.2, 0) is 0 Å². The second kappa shape index (κ2) is 6.72. The minimum absolute atomic E-state index is 0.345. The summed E-state index contributed by atoms with van der Waals surface area (Å²) in [5, 5.41) is 10.2. The van der Waals surface area contributed by atoms with Crippen LogP contribution in [0.4, 0.5) is 0 Å². The highest BCUT2D eigenvalue weighted by atomic mass is 16.3. The summed E-state index contributed by atoms with van der Waals surface area (Å²) >= 11 is 0. The van der Waals surface area contributed by atoms with Crippen LogP contribution in [-0.4, -0.2) is 41.3 Å². The monoisotopic (exact) mass is 242 g/mol. The highest BCUT2D eigenvalue weighted by molar-refractivity contribution is 4.84. The van der Waals surface area contributed by atoms with Crippen LogP contribution in [0.5, 0.6) is 0 Å². The number of aliphatic hydroxyl groups is 1. The smallest absolute Gasteiger partial charge is 0.0867 e. The number of nitrogens with zero attached hydrogens (tertiary/aromatic N) is 1. The highest BCUT2D eigenvalue weighted by Crippen LogP contribution is 2.25. The normalized spacial score (nSPS) is 21.4. The Balaban J connectivity index is 2.51. The second-order valence-electron chi connectivity index (χ2n) is 6.29. The maximum Gasteiger partial charge on any atom is 0.0867 e. The van der Waals surface area contributed by atoms with Gasteiger partial charge < -0.3 is 10.8 Å². The van der Waals surface area contributed by atoms with Gasteiger partial charge in [-0.05, 0) is 38.6 Å². The number of nitrogens with two attached hydrogens (primary N) is 1. The predicted octanol–water partition coefficient (Wildman–Crippen LogP) is 1.99. The van der Waals surface area contributed by atoms with Crippen LogP contribution < -0.4 is 5.73 Å². The minimum atomic E-state index is -0.737. The van der Waals surface area contributed by atoms with Gasteiger partial charge in [0.1, 0.15) is 0 Å². The molecule has 0 aliphatic heterocycles. The lowest BCUT2D eigenvalue weighted by molar-refractivity contribution is 0.0119. The fraction of sp³-hybridized carbons (Fsp3) is 1.00. The maximum atomic E-state index is 10.2. The molecule has 1 fully saturated rings. The Morgan fingerprint density at radius 2 is 1.94 bits per heavy atom. The number of hydrogen-bond donors (Lipinski definition) is 2. The Morgan fingerprint density at radius 3 is 2.41 bits per heavy atom. The molecular formula is C14H30N2O. The molecule has 3 nitrogen and oxygen atoms in total. The number of rotatable bonds is 7. The molecule has 0 aromatic heterocycles. The van der Waals surface area contributed by atoms with Crippen molar-refractivity contribution < 1.29 is 5.11 Å². The van der Waals surface area contributed by atoms with Crippen LogP contribution in [0, 0.1) is 5.92 Å². The topological polar surface area (TPSA) is 49.5 Å². The van der Waals surface area contributed by atoms with Crippen LogP contribution in [0.2, 0.25) is 0 Å². The summed E-state index contributed by atoms with van der Waals surface area (Å²) in [6, 6.07) is 0.673. The molecule has 0 amide bonds. The van der Waals surface area contributed by atoms with Crippen molar-refractivity contribution in [3.05, 3.63) is 0 Å². The molecule has 1 rings (SSSR count). The summed E-state index contributed by atoms with van der Waals surface area (Å²) in [6.45, 7) is 8.53. The van der Waals surface area contributed by atoms with E-state index in [1.54, 1.807) is 0 Å². The first-order valence-electron chi connectivity index (χ1n) is 7.11. The molecule has 1 aliphatic carbocycles. The van der Waals surface area contributed by atoms with Gasteiger partial charge in [0.05, 0.1) is 5.60 Å². The molecule has 17 heavy (non-hydrogen) atoms. The molecule has 0 aromatic carbocycles. The van der Waals surface area contributed by atoms with Crippen LogP contribution in [0.3, 0.4) is 0 Å². The third-order valence-corrected chi connectivity index (χ3v) is 3.82. The summed E-state index contributed by atoms with van der Waals surface area (Å²) in [4.78, 5) is 2.47. The quantitative estimate of drug-likeness (QED) is 0.718. The summed E-state index contributed by atoms with van der Waals surface area (Å²) in [7, 11) is 0. The fourth-order valence-electron chi connectivity index (χ4n) is 2.59. The van der Waals surface area contributed by atoms with Gasteiger partial charge in [0.2, 0.25) is 0 Å². The molecule has 102 valence electrons. The molecule has 0 bridgehead atoms. The SMILES string of the molecule is CC(C)CCN(CC(C)(O)CN)C1CCCC1. The van der Waals surface area contributed by atoms with E-state index < -0.39 is 5.60 Å². The molecule has 0 heterocycles. The van der Waals surface area contributed by atoms with E-state index in [9.17, 15) is 5.11 Å². The van der Waals surface area contributed by atoms with Crippen LogP contribution in [0.15, 0.2) is 0 Å². The first kappa shape index (κ1) is 14.9. The van der Waals surface area contributed by atoms with Gasteiger partial charge in [0.15, 0.2) is 0 Å². The average Bonchev–Trinajstić information content (AvgIpc) is 2.77. The zero-order valence-corrected chi connectivity index (χ0v) is 11.8. The Bertz CT molecular complexity index is 210. The lowest BCUT2D eigenvalue weighted by Gasteiger charge is -2.35. The van der Waals surface area contributed by atoms with Crippen molar-refractivity contribution in [2.75, 3.05) is 19.6 Å². The van der Waals surface area contributed by atoms with Gasteiger partial charge in [-0.25, -0.2) is 0 Å². The van der Waals surface area contributed by atoms with Crippen molar-refractivity contribution in [2.24, 2.45) is 11.7 Å². The summed E-state index contributed by atoms with van der Waals surface area (Å²) < 4.78 is 0. The Labute approximate surface area is 106 Å². The van der Waals surface area contributed by atoms with Crippen molar-refractivity contribution in [2.45, 2.75) is 64.5 Å². The third kappa shape index (κ3) is 5.36. The largest absolute Gasteiger partial charge is 0.388 e. The Morgan fingerprint density at radius 1 is 1.35 bits per heavy atom. The molecule has 1 saturated carbocycles. The molecule has 0 radical (unpaired) electrons. The van der Waals surface area contributed by atoms with Crippen molar-refractivity contribution in [1.29, 1.82) is 0 Å². The van der Waals surface area contributed by atoms with E-state index in [0.29, 0.717) is 12.6 Å². The molecular weight excluding hydrogens is 212 g/mol. The van der Waals surface area contributed by atoms with Gasteiger partial charge in [0, 0.05) is 19.1 Å². The van der Waals surface area contributed by atoms with E-state index in [-0.39, 0.29) is 0 Å². The van der Waals surface area contributed by atoms with Crippen LogP contribution in [0.1, 0.15) is 52.9 Å². The molecule has 0 spiro atoms. The van der Waals surface area contributed by atoms with E-state index in [1.165, 1.54) is 32.1 Å². The Hall–Kier alpha value is -0.120. The van der Waals surface area contributed by atoms with Gasteiger partial charge >= 0.3 is 0 Å².